The molecule has 0 amide bonds. The third-order valence-electron chi connectivity index (χ3n) is 7.68. The molecule has 0 atom stereocenters. The first-order valence-corrected chi connectivity index (χ1v) is 11.7. The van der Waals surface area contributed by atoms with Crippen molar-refractivity contribution in [2.75, 3.05) is 0 Å². The highest BCUT2D eigenvalue weighted by Crippen LogP contribution is 2.48. The van der Waals surface area contributed by atoms with E-state index in [1.807, 2.05) is 0 Å². The van der Waals surface area contributed by atoms with Crippen molar-refractivity contribution >= 4 is 21.7 Å². The fourth-order valence-corrected chi connectivity index (χ4v) is 6.00. The van der Waals surface area contributed by atoms with Crippen LogP contribution in [0.2, 0.25) is 0 Å². The molecular weight excluding hydrogens is 378 g/mol. The Kier molecular flexibility index (Phi) is 4.15. The quantitative estimate of drug-likeness (QED) is 0.280. The van der Waals surface area contributed by atoms with Crippen molar-refractivity contribution in [2.24, 2.45) is 13.0 Å². The lowest BCUT2D eigenvalue weighted by molar-refractivity contribution is -0.633. The molecule has 1 saturated carbocycles. The Bertz CT molecular complexity index is 1380. The summed E-state index contributed by atoms with van der Waals surface area (Å²) >= 11 is 0. The summed E-state index contributed by atoms with van der Waals surface area (Å²) in [6.45, 7) is 6.64. The van der Waals surface area contributed by atoms with Crippen LogP contribution in [0.1, 0.15) is 47.9 Å². The van der Waals surface area contributed by atoms with Gasteiger partial charge in [0.15, 0.2) is 5.75 Å². The molecule has 6 rings (SSSR count). The normalized spacial score (nSPS) is 15.5. The van der Waals surface area contributed by atoms with E-state index in [4.69, 9.17) is 4.74 Å². The molecule has 0 unspecified atom stereocenters. The Morgan fingerprint density at radius 3 is 2.58 bits per heavy atom. The van der Waals surface area contributed by atoms with E-state index in [1.165, 1.54) is 87.3 Å². The van der Waals surface area contributed by atoms with Crippen LogP contribution in [0.15, 0.2) is 42.5 Å². The van der Waals surface area contributed by atoms with E-state index < -0.39 is 0 Å². The number of aryl methyl sites for hydroxylation is 3. The highest BCUT2D eigenvalue weighted by molar-refractivity contribution is 6.05. The van der Waals surface area contributed by atoms with Crippen LogP contribution >= 0.6 is 0 Å². The van der Waals surface area contributed by atoms with Crippen LogP contribution in [0, 0.1) is 26.7 Å². The van der Waals surface area contributed by atoms with Gasteiger partial charge in [0.05, 0.1) is 10.9 Å². The molecule has 1 fully saturated rings. The predicted octanol–water partition coefficient (Wildman–Crippen LogP) is 7.25. The van der Waals surface area contributed by atoms with Gasteiger partial charge in [-0.15, -0.1) is 0 Å². The lowest BCUT2D eigenvalue weighted by Gasteiger charge is -2.23. The van der Waals surface area contributed by atoms with E-state index in [0.29, 0.717) is 0 Å². The van der Waals surface area contributed by atoms with E-state index in [2.05, 4.69) is 74.9 Å². The Hall–Kier alpha value is -2.87. The van der Waals surface area contributed by atoms with Gasteiger partial charge in [0, 0.05) is 17.5 Å². The molecule has 156 valence electrons. The second kappa shape index (κ2) is 6.82. The first-order chi connectivity index (χ1) is 15.0. The zero-order chi connectivity index (χ0) is 21.3. The third-order valence-corrected chi connectivity index (χ3v) is 7.68. The SMILES string of the molecule is Cc1cc2c3c(c(C)c(C)cc3c1)-c1c(cc3c(CC4CCCC4)cccc3[n+]1C)O2. The van der Waals surface area contributed by atoms with Crippen LogP contribution in [-0.4, -0.2) is 0 Å². The zero-order valence-electron chi connectivity index (χ0n) is 19.0. The van der Waals surface area contributed by atoms with Crippen LogP contribution in [0.25, 0.3) is 32.9 Å². The molecule has 3 aromatic carbocycles. The van der Waals surface area contributed by atoms with Gasteiger partial charge in [-0.05, 0) is 66.8 Å². The molecular formula is C29H30NO+. The van der Waals surface area contributed by atoms with Crippen LogP contribution in [-0.2, 0) is 13.5 Å². The van der Waals surface area contributed by atoms with Crippen molar-refractivity contribution in [3.8, 4) is 22.8 Å². The number of hydrogen-bond donors (Lipinski definition) is 0. The van der Waals surface area contributed by atoms with Crippen molar-refractivity contribution in [3.05, 3.63) is 64.7 Å². The van der Waals surface area contributed by atoms with E-state index in [1.54, 1.807) is 0 Å². The van der Waals surface area contributed by atoms with Crippen LogP contribution in [0.4, 0.5) is 0 Å². The van der Waals surface area contributed by atoms with Gasteiger partial charge in [-0.1, -0.05) is 49.9 Å². The molecule has 2 heterocycles. The Morgan fingerprint density at radius 1 is 0.968 bits per heavy atom. The average Bonchev–Trinajstić information content (AvgIpc) is 3.24. The van der Waals surface area contributed by atoms with Gasteiger partial charge in [-0.3, -0.25) is 0 Å². The summed E-state index contributed by atoms with van der Waals surface area (Å²) < 4.78 is 8.99. The standard InChI is InChI=1S/C29H30NO/c1-17-12-22-14-18(2)19(3)27-28(22)25(13-17)31-26-16-23-21(15-20-8-5-6-9-20)10-7-11-24(23)30(4)29(26)27/h7,10-14,16,20H,5-6,8-9,15H2,1-4H3/q+1. The lowest BCUT2D eigenvalue weighted by atomic mass is 9.89. The third kappa shape index (κ3) is 2.81. The Balaban J connectivity index is 1.65. The molecule has 1 aliphatic heterocycles. The molecule has 0 saturated heterocycles. The fourth-order valence-electron chi connectivity index (χ4n) is 6.00. The van der Waals surface area contributed by atoms with Crippen molar-refractivity contribution in [3.63, 3.8) is 0 Å². The molecule has 1 aliphatic carbocycles. The zero-order valence-corrected chi connectivity index (χ0v) is 19.0. The van der Waals surface area contributed by atoms with Gasteiger partial charge in [-0.2, -0.15) is 4.57 Å². The number of rotatable bonds is 2. The molecule has 2 nitrogen and oxygen atoms in total. The molecule has 0 radical (unpaired) electrons. The molecule has 2 aliphatic rings. The van der Waals surface area contributed by atoms with Gasteiger partial charge < -0.3 is 4.74 Å². The maximum atomic E-state index is 6.62. The van der Waals surface area contributed by atoms with Gasteiger partial charge in [-0.25, -0.2) is 0 Å². The summed E-state index contributed by atoms with van der Waals surface area (Å²) in [5.74, 6) is 2.81. The number of benzene rings is 3. The number of hydrogen-bond acceptors (Lipinski definition) is 1. The number of ether oxygens (including phenoxy) is 1. The molecule has 0 bridgehead atoms. The highest BCUT2D eigenvalue weighted by Gasteiger charge is 2.32. The maximum absolute atomic E-state index is 6.62. The molecule has 31 heavy (non-hydrogen) atoms. The number of fused-ring (bicyclic) bond motifs is 3. The summed E-state index contributed by atoms with van der Waals surface area (Å²) in [5.41, 5.74) is 9.22. The minimum atomic E-state index is 0.829. The van der Waals surface area contributed by atoms with Crippen molar-refractivity contribution < 1.29 is 9.30 Å². The van der Waals surface area contributed by atoms with Crippen molar-refractivity contribution in [1.29, 1.82) is 0 Å². The van der Waals surface area contributed by atoms with E-state index >= 15 is 0 Å². The summed E-state index contributed by atoms with van der Waals surface area (Å²) in [6, 6.07) is 15.9. The second-order valence-electron chi connectivity index (χ2n) is 9.78. The Morgan fingerprint density at radius 2 is 1.77 bits per heavy atom. The molecule has 2 heteroatoms. The number of aromatic nitrogens is 1. The molecule has 1 aromatic heterocycles. The van der Waals surface area contributed by atoms with Crippen LogP contribution in [0.3, 0.4) is 0 Å². The molecule has 4 aromatic rings. The van der Waals surface area contributed by atoms with E-state index in [9.17, 15) is 0 Å². The highest BCUT2D eigenvalue weighted by atomic mass is 16.5. The summed E-state index contributed by atoms with van der Waals surface area (Å²) in [5, 5.41) is 3.86. The first kappa shape index (κ1) is 18.9. The Labute approximate surface area is 184 Å². The summed E-state index contributed by atoms with van der Waals surface area (Å²) in [7, 11) is 2.21. The van der Waals surface area contributed by atoms with E-state index in [0.717, 1.165) is 17.4 Å². The predicted molar refractivity (Wildman–Crippen MR) is 128 cm³/mol. The van der Waals surface area contributed by atoms with Crippen molar-refractivity contribution in [2.45, 2.75) is 52.9 Å². The van der Waals surface area contributed by atoms with Crippen molar-refractivity contribution in [1.82, 2.24) is 0 Å². The van der Waals surface area contributed by atoms with Gasteiger partial charge >= 0.3 is 0 Å². The van der Waals surface area contributed by atoms with Crippen LogP contribution in [0.5, 0.6) is 11.5 Å². The largest absolute Gasteiger partial charge is 0.450 e. The smallest absolute Gasteiger partial charge is 0.256 e. The van der Waals surface area contributed by atoms with Gasteiger partial charge in [0.25, 0.3) is 5.69 Å². The lowest BCUT2D eigenvalue weighted by Crippen LogP contribution is -2.34. The number of nitrogens with zero attached hydrogens (tertiary/aromatic N) is 1. The minimum Gasteiger partial charge on any atom is -0.450 e. The second-order valence-corrected chi connectivity index (χ2v) is 9.78. The monoisotopic (exact) mass is 408 g/mol. The average molecular weight is 409 g/mol. The van der Waals surface area contributed by atoms with Crippen LogP contribution < -0.4 is 9.30 Å². The first-order valence-electron chi connectivity index (χ1n) is 11.7. The molecule has 0 N–H and O–H groups in total. The number of pyridine rings is 1. The van der Waals surface area contributed by atoms with Gasteiger partial charge in [0.1, 0.15) is 12.8 Å². The fraction of sp³-hybridized carbons (Fsp3) is 0.345. The van der Waals surface area contributed by atoms with Gasteiger partial charge in [0.2, 0.25) is 5.52 Å². The minimum absolute atomic E-state index is 0.829. The molecule has 0 spiro atoms. The summed E-state index contributed by atoms with van der Waals surface area (Å²) in [6.07, 6.45) is 6.70. The topological polar surface area (TPSA) is 13.1 Å². The maximum Gasteiger partial charge on any atom is 0.256 e. The summed E-state index contributed by atoms with van der Waals surface area (Å²) in [4.78, 5) is 0. The van der Waals surface area contributed by atoms with E-state index in [-0.39, 0.29) is 0 Å².